The van der Waals surface area contributed by atoms with Gasteiger partial charge < -0.3 is 14.5 Å². The summed E-state index contributed by atoms with van der Waals surface area (Å²) < 4.78 is 11.9. The van der Waals surface area contributed by atoms with Gasteiger partial charge in [-0.3, -0.25) is 9.59 Å². The predicted molar refractivity (Wildman–Crippen MR) is 101 cm³/mol. The molecule has 1 N–H and O–H groups in total. The zero-order valence-corrected chi connectivity index (χ0v) is 16.0. The maximum absolute atomic E-state index is 12.1. The van der Waals surface area contributed by atoms with Crippen LogP contribution in [-0.2, 0) is 4.79 Å². The minimum atomic E-state index is -0.479. The first-order valence-electron chi connectivity index (χ1n) is 8.02. The van der Waals surface area contributed by atoms with Crippen LogP contribution in [0.1, 0.15) is 33.3 Å². The number of carbonyl (C=O) groups excluding carboxylic acids is 1. The summed E-state index contributed by atoms with van der Waals surface area (Å²) in [6, 6.07) is 5.48. The highest BCUT2D eigenvalue weighted by Gasteiger charge is 2.18. The minimum absolute atomic E-state index is 0.0284. The third-order valence-electron chi connectivity index (χ3n) is 3.47. The Bertz CT molecular complexity index is 932. The number of hydrogen-bond acceptors (Lipinski definition) is 5. The van der Waals surface area contributed by atoms with Gasteiger partial charge in [0.1, 0.15) is 0 Å². The van der Waals surface area contributed by atoms with Crippen LogP contribution in [0.25, 0.3) is 12.2 Å². The van der Waals surface area contributed by atoms with Crippen molar-refractivity contribution >= 4 is 29.3 Å². The standard InChI is InChI=1S/C19H23NO4S/c1-6-24-13-8-7-12(9-14(13)23-5)10-15-18(22)20-17(25-15)11-16(21)19(2,3)4/h7-11H,6H2,1-5H3,(H,20,22)/b15-10-,17-11-. The predicted octanol–water partition coefficient (Wildman–Crippen LogP) is 2.07. The number of nitrogens with one attached hydrogen (secondary N) is 1. The van der Waals surface area contributed by atoms with Crippen LogP contribution in [0.3, 0.4) is 0 Å². The quantitative estimate of drug-likeness (QED) is 0.885. The average Bonchev–Trinajstić information content (AvgIpc) is 2.87. The molecule has 1 aromatic heterocycles. The van der Waals surface area contributed by atoms with Crippen molar-refractivity contribution in [2.45, 2.75) is 27.7 Å². The lowest BCUT2D eigenvalue weighted by Gasteiger charge is -2.12. The van der Waals surface area contributed by atoms with Crippen molar-refractivity contribution in [2.24, 2.45) is 5.41 Å². The van der Waals surface area contributed by atoms with E-state index in [1.165, 1.54) is 17.4 Å². The van der Waals surface area contributed by atoms with Gasteiger partial charge in [-0.2, -0.15) is 0 Å². The number of rotatable bonds is 5. The van der Waals surface area contributed by atoms with Crippen molar-refractivity contribution in [1.82, 2.24) is 4.98 Å². The first kappa shape index (κ1) is 19.0. The number of hydrogen-bond donors (Lipinski definition) is 1. The summed E-state index contributed by atoms with van der Waals surface area (Å²) in [4.78, 5) is 26.9. The van der Waals surface area contributed by atoms with Gasteiger partial charge in [-0.25, -0.2) is 0 Å². The Morgan fingerprint density at radius 1 is 1.28 bits per heavy atom. The Balaban J connectivity index is 2.45. The maximum Gasteiger partial charge on any atom is 0.266 e. The molecular weight excluding hydrogens is 338 g/mol. The van der Waals surface area contributed by atoms with E-state index in [1.807, 2.05) is 45.9 Å². The maximum atomic E-state index is 12.1. The number of aromatic amines is 1. The van der Waals surface area contributed by atoms with Gasteiger partial charge in [0.15, 0.2) is 17.3 Å². The van der Waals surface area contributed by atoms with E-state index in [-0.39, 0.29) is 11.3 Å². The summed E-state index contributed by atoms with van der Waals surface area (Å²) in [5.41, 5.74) is 0.125. The van der Waals surface area contributed by atoms with Crippen LogP contribution in [0.5, 0.6) is 11.5 Å². The van der Waals surface area contributed by atoms with Gasteiger partial charge in [0, 0.05) is 11.5 Å². The first-order valence-corrected chi connectivity index (χ1v) is 8.84. The number of carbonyl (C=O) groups is 1. The van der Waals surface area contributed by atoms with Crippen molar-refractivity contribution < 1.29 is 14.3 Å². The molecule has 0 atom stereocenters. The monoisotopic (exact) mass is 361 g/mol. The molecule has 0 aliphatic rings. The van der Waals surface area contributed by atoms with Gasteiger partial charge >= 0.3 is 0 Å². The second kappa shape index (κ2) is 7.70. The molecule has 0 bridgehead atoms. The summed E-state index contributed by atoms with van der Waals surface area (Å²) in [5.74, 6) is 1.24. The molecule has 134 valence electrons. The van der Waals surface area contributed by atoms with Crippen LogP contribution < -0.4 is 24.2 Å². The Morgan fingerprint density at radius 3 is 2.60 bits per heavy atom. The number of thiazole rings is 1. The lowest BCUT2D eigenvalue weighted by atomic mass is 9.91. The zero-order valence-electron chi connectivity index (χ0n) is 15.1. The lowest BCUT2D eigenvalue weighted by molar-refractivity contribution is -0.119. The van der Waals surface area contributed by atoms with E-state index >= 15 is 0 Å². The number of aromatic nitrogens is 1. The highest BCUT2D eigenvalue weighted by atomic mass is 32.1. The van der Waals surface area contributed by atoms with E-state index in [0.717, 1.165) is 5.56 Å². The molecule has 0 saturated carbocycles. The number of ether oxygens (including phenoxy) is 2. The molecule has 0 aliphatic heterocycles. The van der Waals surface area contributed by atoms with Gasteiger partial charge in [-0.15, -0.1) is 11.3 Å². The van der Waals surface area contributed by atoms with E-state index in [2.05, 4.69) is 4.98 Å². The number of H-pyrrole nitrogens is 1. The molecule has 0 fully saturated rings. The number of Topliss-reactive ketones (excluding diaryl/α,β-unsaturated/α-hetero) is 1. The summed E-state index contributed by atoms with van der Waals surface area (Å²) in [7, 11) is 1.57. The highest BCUT2D eigenvalue weighted by Crippen LogP contribution is 2.28. The van der Waals surface area contributed by atoms with Gasteiger partial charge in [0.25, 0.3) is 5.56 Å². The largest absolute Gasteiger partial charge is 0.493 e. The summed E-state index contributed by atoms with van der Waals surface area (Å²) in [6.45, 7) is 7.98. The zero-order chi connectivity index (χ0) is 18.6. The summed E-state index contributed by atoms with van der Waals surface area (Å²) in [6.07, 6.45) is 3.25. The van der Waals surface area contributed by atoms with Crippen LogP contribution in [0, 0.1) is 5.41 Å². The molecule has 1 heterocycles. The van der Waals surface area contributed by atoms with Crippen LogP contribution >= 0.6 is 11.3 Å². The molecular formula is C19H23NO4S. The van der Waals surface area contributed by atoms with Crippen LogP contribution in [0.4, 0.5) is 0 Å². The molecule has 5 nitrogen and oxygen atoms in total. The normalized spacial score (nSPS) is 13.2. The van der Waals surface area contributed by atoms with Crippen molar-refractivity contribution in [3.8, 4) is 11.5 Å². The second-order valence-electron chi connectivity index (χ2n) is 6.53. The molecule has 2 rings (SSSR count). The van der Waals surface area contributed by atoms with Crippen LogP contribution in [0.15, 0.2) is 23.0 Å². The topological polar surface area (TPSA) is 68.4 Å². The molecule has 0 amide bonds. The average molecular weight is 361 g/mol. The fourth-order valence-electron chi connectivity index (χ4n) is 2.06. The molecule has 0 aliphatic carbocycles. The van der Waals surface area contributed by atoms with Gasteiger partial charge in [-0.1, -0.05) is 26.8 Å². The third kappa shape index (κ3) is 4.82. The molecule has 0 saturated heterocycles. The smallest absolute Gasteiger partial charge is 0.266 e. The molecule has 0 radical (unpaired) electrons. The minimum Gasteiger partial charge on any atom is -0.493 e. The summed E-state index contributed by atoms with van der Waals surface area (Å²) >= 11 is 1.25. The SMILES string of the molecule is CCOc1ccc(/C=c2\s/c(=C\C(=O)C(C)(C)C)[nH]c2=O)cc1OC. The fraction of sp³-hybridized carbons (Fsp3) is 0.368. The highest BCUT2D eigenvalue weighted by molar-refractivity contribution is 7.07. The Kier molecular flexibility index (Phi) is 5.85. The Hall–Kier alpha value is -2.34. The Labute approximate surface area is 150 Å². The van der Waals surface area contributed by atoms with Crippen molar-refractivity contribution in [3.05, 3.63) is 43.3 Å². The van der Waals surface area contributed by atoms with Gasteiger partial charge in [-0.05, 0) is 30.7 Å². The first-order chi connectivity index (χ1) is 11.7. The van der Waals surface area contributed by atoms with Gasteiger partial charge in [0.2, 0.25) is 0 Å². The van der Waals surface area contributed by atoms with Crippen LogP contribution in [-0.4, -0.2) is 24.5 Å². The molecule has 1 aromatic carbocycles. The second-order valence-corrected chi connectivity index (χ2v) is 7.61. The van der Waals surface area contributed by atoms with E-state index in [9.17, 15) is 9.59 Å². The van der Waals surface area contributed by atoms with E-state index in [4.69, 9.17) is 9.47 Å². The lowest BCUT2D eigenvalue weighted by Crippen LogP contribution is -2.22. The molecule has 0 spiro atoms. The van der Waals surface area contributed by atoms with Crippen molar-refractivity contribution in [3.63, 3.8) is 0 Å². The molecule has 6 heteroatoms. The molecule has 25 heavy (non-hydrogen) atoms. The molecule has 0 unspecified atom stereocenters. The number of ketones is 1. The summed E-state index contributed by atoms with van der Waals surface area (Å²) in [5, 5.41) is 0. The van der Waals surface area contributed by atoms with E-state index < -0.39 is 5.41 Å². The fourth-order valence-corrected chi connectivity index (χ4v) is 2.95. The van der Waals surface area contributed by atoms with Crippen molar-refractivity contribution in [2.75, 3.05) is 13.7 Å². The number of methoxy groups -OCH3 is 1. The third-order valence-corrected chi connectivity index (χ3v) is 4.43. The number of benzene rings is 1. The molecule has 2 aromatic rings. The van der Waals surface area contributed by atoms with Crippen LogP contribution in [0.2, 0.25) is 0 Å². The van der Waals surface area contributed by atoms with E-state index in [1.54, 1.807) is 13.2 Å². The van der Waals surface area contributed by atoms with E-state index in [0.29, 0.717) is 27.3 Å². The Morgan fingerprint density at radius 2 is 2.00 bits per heavy atom. The van der Waals surface area contributed by atoms with Crippen molar-refractivity contribution in [1.29, 1.82) is 0 Å². The van der Waals surface area contributed by atoms with Gasteiger partial charge in [0.05, 0.1) is 22.9 Å².